The zero-order valence-electron chi connectivity index (χ0n) is 41.0. The maximum absolute atomic E-state index is 14.2. The molecule has 3 aliphatic rings. The number of fused-ring (bicyclic) bond motifs is 5. The minimum atomic E-state index is -1.90. The molecule has 19 nitrogen and oxygen atoms in total. The summed E-state index contributed by atoms with van der Waals surface area (Å²) in [6.07, 6.45) is -0.678. The third-order valence-corrected chi connectivity index (χ3v) is 14.1. The van der Waals surface area contributed by atoms with Gasteiger partial charge in [0.15, 0.2) is 5.82 Å². The number of benzene rings is 4. The second kappa shape index (κ2) is 18.9. The number of piperazine rings is 1. The van der Waals surface area contributed by atoms with E-state index in [0.717, 1.165) is 22.1 Å². The first-order chi connectivity index (χ1) is 35.1. The first kappa shape index (κ1) is 48.2. The molecule has 10 rings (SSSR count). The van der Waals surface area contributed by atoms with E-state index in [4.69, 9.17) is 19.2 Å². The van der Waals surface area contributed by atoms with Crippen molar-refractivity contribution >= 4 is 29.1 Å². The number of aryl methyl sites for hydroxylation is 1. The van der Waals surface area contributed by atoms with Crippen molar-refractivity contribution in [3.8, 4) is 51.5 Å². The van der Waals surface area contributed by atoms with Gasteiger partial charge in [0, 0.05) is 68.9 Å². The Labute approximate surface area is 418 Å². The van der Waals surface area contributed by atoms with Crippen LogP contribution in [0.1, 0.15) is 79.0 Å². The van der Waals surface area contributed by atoms with Crippen LogP contribution in [0, 0.1) is 0 Å². The lowest BCUT2D eigenvalue weighted by atomic mass is 9.85. The van der Waals surface area contributed by atoms with Crippen molar-refractivity contribution in [1.29, 1.82) is 0 Å². The number of pyridine rings is 2. The Morgan fingerprint density at radius 1 is 0.877 bits per heavy atom. The van der Waals surface area contributed by atoms with Crippen LogP contribution >= 0.6 is 0 Å². The Hall–Kier alpha value is -8.45. The van der Waals surface area contributed by atoms with Gasteiger partial charge >= 0.3 is 23.8 Å². The number of hydrogen-bond donors (Lipinski definition) is 4. The van der Waals surface area contributed by atoms with Crippen LogP contribution in [0.4, 0.5) is 9.59 Å². The van der Waals surface area contributed by atoms with Crippen molar-refractivity contribution in [3.05, 3.63) is 145 Å². The summed E-state index contributed by atoms with van der Waals surface area (Å²) in [5.74, 6) is -0.408. The van der Waals surface area contributed by atoms with Gasteiger partial charge in [-0.3, -0.25) is 9.69 Å². The average Bonchev–Trinajstić information content (AvgIpc) is 3.95. The Kier molecular flexibility index (Phi) is 12.5. The summed E-state index contributed by atoms with van der Waals surface area (Å²) in [5.41, 5.74) is 4.44. The molecule has 0 spiro atoms. The summed E-state index contributed by atoms with van der Waals surface area (Å²) in [4.78, 5) is 78.0. The van der Waals surface area contributed by atoms with Crippen LogP contribution in [-0.4, -0.2) is 106 Å². The highest BCUT2D eigenvalue weighted by Gasteiger charge is 2.51. The topological polar surface area (TPSA) is 235 Å². The number of esters is 1. The van der Waals surface area contributed by atoms with Crippen LogP contribution in [0.3, 0.4) is 0 Å². The Bertz CT molecular complexity index is 3470. The number of H-pyrrole nitrogens is 1. The van der Waals surface area contributed by atoms with Gasteiger partial charge in [-0.25, -0.2) is 33.8 Å². The SMILES string of the molecule is CCc1c2c(nc3ccc(O)cc13)-c1cc3c(c(=O)n1C2)COC(=O)C3(CC)OC(=O)N(C)Cc1ccc(OC(=O)N2CCN(Cc3ccc(-n4c(-c5cc(C(C)C)c(O)cc5O)n[nH]c4=O)cc3)CC2)cc1. The van der Waals surface area contributed by atoms with E-state index in [1.807, 2.05) is 32.9 Å². The zero-order chi connectivity index (χ0) is 51.5. The maximum atomic E-state index is 14.2. The van der Waals surface area contributed by atoms with E-state index in [1.165, 1.54) is 22.6 Å². The van der Waals surface area contributed by atoms with Crippen LogP contribution in [-0.2, 0) is 52.5 Å². The van der Waals surface area contributed by atoms with E-state index >= 15 is 0 Å². The fourth-order valence-electron chi connectivity index (χ4n) is 10.2. The number of carbonyl (C=O) groups is 3. The molecule has 1 unspecified atom stereocenters. The molecular weight excluding hydrogens is 937 g/mol. The predicted molar refractivity (Wildman–Crippen MR) is 268 cm³/mol. The lowest BCUT2D eigenvalue weighted by Gasteiger charge is -2.36. The van der Waals surface area contributed by atoms with Gasteiger partial charge in [-0.1, -0.05) is 52.0 Å². The molecule has 4 N–H and O–H groups in total. The minimum Gasteiger partial charge on any atom is -0.508 e. The fourth-order valence-corrected chi connectivity index (χ4v) is 10.2. The van der Waals surface area contributed by atoms with E-state index < -0.39 is 29.4 Å². The third kappa shape index (κ3) is 8.68. The third-order valence-electron chi connectivity index (χ3n) is 14.1. The first-order valence-corrected chi connectivity index (χ1v) is 24.2. The second-order valence-electron chi connectivity index (χ2n) is 19.0. The van der Waals surface area contributed by atoms with E-state index in [0.29, 0.717) is 84.2 Å². The minimum absolute atomic E-state index is 0.00210. The molecule has 4 aromatic carbocycles. The quantitative estimate of drug-likeness (QED) is 0.0955. The molecule has 1 atom stereocenters. The maximum Gasteiger partial charge on any atom is 0.415 e. The number of amides is 2. The average molecular weight is 991 g/mol. The number of phenolic OH excluding ortho intramolecular Hbond substituents is 3. The Morgan fingerprint density at radius 2 is 1.60 bits per heavy atom. The number of rotatable bonds is 11. The number of aromatic nitrogens is 5. The normalized spacial score (nSPS) is 16.2. The molecule has 3 aromatic heterocycles. The van der Waals surface area contributed by atoms with Crippen molar-refractivity contribution in [2.75, 3.05) is 33.2 Å². The van der Waals surface area contributed by atoms with Gasteiger partial charge in [0.25, 0.3) is 5.56 Å². The van der Waals surface area contributed by atoms with Crippen LogP contribution < -0.4 is 16.0 Å². The van der Waals surface area contributed by atoms with Crippen LogP contribution in [0.15, 0.2) is 94.5 Å². The lowest BCUT2D eigenvalue weighted by Crippen LogP contribution is -2.49. The van der Waals surface area contributed by atoms with Crippen LogP contribution in [0.2, 0.25) is 0 Å². The second-order valence-corrected chi connectivity index (χ2v) is 19.0. The molecule has 7 aromatic rings. The van der Waals surface area contributed by atoms with E-state index in [2.05, 4.69) is 15.1 Å². The van der Waals surface area contributed by atoms with E-state index in [-0.39, 0.29) is 71.8 Å². The molecule has 1 fully saturated rings. The highest BCUT2D eigenvalue weighted by Crippen LogP contribution is 2.43. The van der Waals surface area contributed by atoms with Gasteiger partial charge < -0.3 is 43.9 Å². The molecule has 3 aliphatic heterocycles. The molecule has 376 valence electrons. The van der Waals surface area contributed by atoms with Gasteiger partial charge in [-0.15, -0.1) is 0 Å². The molecular formula is C54H54N8O11. The summed E-state index contributed by atoms with van der Waals surface area (Å²) in [7, 11) is 1.53. The fraction of sp³-hybridized carbons (Fsp3) is 0.315. The Balaban J connectivity index is 0.748. The summed E-state index contributed by atoms with van der Waals surface area (Å²) < 4.78 is 20.3. The van der Waals surface area contributed by atoms with Crippen molar-refractivity contribution in [1.82, 2.24) is 39.0 Å². The Morgan fingerprint density at radius 3 is 2.30 bits per heavy atom. The standard InChI is InChI=1S/C54H54N8O11/c1-6-36-38-22-34(63)14-17-43(38)55-47-40(36)28-61-44(47)24-42-41(49(61)66)29-71-50(67)54(42,7-2)73-52(69)58(5)26-31-10-15-35(16-11-31)72-53(70)60-20-18-59(19-21-60)27-32-8-12-33(13-9-32)62-48(56-57-51(62)68)39-23-37(30(3)4)45(64)25-46(39)65/h8-17,22-25,30,63-65H,6-7,18-21,26-29H2,1-5H3,(H,57,68). The van der Waals surface area contributed by atoms with Gasteiger partial charge in [0.1, 0.15) is 29.6 Å². The number of aromatic amines is 1. The van der Waals surface area contributed by atoms with Gasteiger partial charge in [0.2, 0.25) is 5.60 Å². The van der Waals surface area contributed by atoms with Gasteiger partial charge in [-0.05, 0) is 95.6 Å². The highest BCUT2D eigenvalue weighted by atomic mass is 16.6. The molecule has 19 heteroatoms. The van der Waals surface area contributed by atoms with Crippen molar-refractivity contribution in [3.63, 3.8) is 0 Å². The summed E-state index contributed by atoms with van der Waals surface area (Å²) in [6, 6.07) is 23.7. The number of nitrogens with one attached hydrogen (secondary N) is 1. The van der Waals surface area contributed by atoms with Gasteiger partial charge in [-0.2, -0.15) is 5.10 Å². The van der Waals surface area contributed by atoms with Crippen molar-refractivity contribution in [2.24, 2.45) is 0 Å². The zero-order valence-corrected chi connectivity index (χ0v) is 41.0. The van der Waals surface area contributed by atoms with E-state index in [9.17, 15) is 39.3 Å². The number of nitrogens with zero attached hydrogens (tertiary/aromatic N) is 7. The number of carbonyl (C=O) groups excluding carboxylic acids is 3. The lowest BCUT2D eigenvalue weighted by molar-refractivity contribution is -0.173. The first-order valence-electron chi connectivity index (χ1n) is 24.2. The molecule has 0 bridgehead atoms. The molecule has 6 heterocycles. The smallest absolute Gasteiger partial charge is 0.415 e. The highest BCUT2D eigenvalue weighted by molar-refractivity contribution is 5.90. The van der Waals surface area contributed by atoms with Crippen LogP contribution in [0.5, 0.6) is 23.0 Å². The summed E-state index contributed by atoms with van der Waals surface area (Å²) >= 11 is 0. The van der Waals surface area contributed by atoms with Crippen molar-refractivity contribution in [2.45, 2.75) is 78.3 Å². The molecule has 0 radical (unpaired) electrons. The number of phenols is 3. The molecule has 0 aliphatic carbocycles. The number of cyclic esters (lactones) is 1. The largest absolute Gasteiger partial charge is 0.508 e. The molecule has 73 heavy (non-hydrogen) atoms. The number of hydrogen-bond acceptors (Lipinski definition) is 14. The van der Waals surface area contributed by atoms with Crippen molar-refractivity contribution < 1.29 is 43.9 Å². The summed E-state index contributed by atoms with van der Waals surface area (Å²) in [6.45, 7) is 10.3. The van der Waals surface area contributed by atoms with Crippen LogP contribution in [0.25, 0.3) is 39.4 Å². The molecule has 0 saturated carbocycles. The number of ether oxygens (including phenoxy) is 3. The van der Waals surface area contributed by atoms with E-state index in [1.54, 1.807) is 83.1 Å². The van der Waals surface area contributed by atoms with Gasteiger partial charge in [0.05, 0.1) is 40.3 Å². The molecule has 1 saturated heterocycles. The monoisotopic (exact) mass is 990 g/mol. The summed E-state index contributed by atoms with van der Waals surface area (Å²) in [5, 5.41) is 38.7. The number of aromatic hydroxyl groups is 3. The molecule has 2 amide bonds. The predicted octanol–water partition coefficient (Wildman–Crippen LogP) is 7.02.